The minimum atomic E-state index is 0.344. The van der Waals surface area contributed by atoms with Crippen LogP contribution in [-0.4, -0.2) is 30.6 Å². The van der Waals surface area contributed by atoms with Gasteiger partial charge in [-0.05, 0) is 12.5 Å². The standard InChI is InChI=1S/C13H20N4/c1-3-4-5-10(8-14-2)12-11-6-7-15-13(11)17-9-16-12/h6-8,10,15,17H,3-5,9H2,1-2H3. The van der Waals surface area contributed by atoms with E-state index >= 15 is 0 Å². The first-order chi connectivity index (χ1) is 8.36. The summed E-state index contributed by atoms with van der Waals surface area (Å²) in [5.41, 5.74) is 2.36. The van der Waals surface area contributed by atoms with Gasteiger partial charge in [-0.2, -0.15) is 0 Å². The SMILES string of the molecule is CCCCC(C=NC)C1=NCNc2[nH]ccc21. The van der Waals surface area contributed by atoms with Crippen LogP contribution in [0.3, 0.4) is 0 Å². The molecular weight excluding hydrogens is 212 g/mol. The van der Waals surface area contributed by atoms with Crippen LogP contribution in [-0.2, 0) is 0 Å². The number of H-pyrrole nitrogens is 1. The number of hydrogen-bond acceptors (Lipinski definition) is 3. The quantitative estimate of drug-likeness (QED) is 0.753. The van der Waals surface area contributed by atoms with Gasteiger partial charge in [0.15, 0.2) is 0 Å². The maximum atomic E-state index is 4.61. The van der Waals surface area contributed by atoms with Crippen LogP contribution in [0.15, 0.2) is 22.2 Å². The van der Waals surface area contributed by atoms with Crippen LogP contribution in [0.1, 0.15) is 31.7 Å². The maximum absolute atomic E-state index is 4.61. The minimum Gasteiger partial charge on any atom is -0.352 e. The monoisotopic (exact) mass is 232 g/mol. The van der Waals surface area contributed by atoms with Crippen LogP contribution >= 0.6 is 0 Å². The summed E-state index contributed by atoms with van der Waals surface area (Å²) in [6, 6.07) is 2.09. The van der Waals surface area contributed by atoms with E-state index in [4.69, 9.17) is 0 Å². The summed E-state index contributed by atoms with van der Waals surface area (Å²) >= 11 is 0. The van der Waals surface area contributed by atoms with Crippen LogP contribution in [0, 0.1) is 5.92 Å². The average Bonchev–Trinajstić information content (AvgIpc) is 2.82. The lowest BCUT2D eigenvalue weighted by atomic mass is 9.93. The fourth-order valence-electron chi connectivity index (χ4n) is 2.22. The Bertz CT molecular complexity index is 417. The molecule has 2 rings (SSSR count). The fourth-order valence-corrected chi connectivity index (χ4v) is 2.22. The van der Waals surface area contributed by atoms with Crippen LogP contribution in [0.25, 0.3) is 0 Å². The van der Waals surface area contributed by atoms with Crippen molar-refractivity contribution in [2.75, 3.05) is 19.0 Å². The van der Waals surface area contributed by atoms with Crippen molar-refractivity contribution in [1.29, 1.82) is 0 Å². The lowest BCUT2D eigenvalue weighted by Gasteiger charge is -2.20. The molecular formula is C13H20N4. The van der Waals surface area contributed by atoms with Gasteiger partial charge in [-0.1, -0.05) is 19.8 Å². The normalized spacial score (nSPS) is 16.5. The number of unbranched alkanes of at least 4 members (excludes halogenated alkanes) is 1. The van der Waals surface area contributed by atoms with Gasteiger partial charge in [0.1, 0.15) is 12.5 Å². The second kappa shape index (κ2) is 5.66. The van der Waals surface area contributed by atoms with Gasteiger partial charge in [0.25, 0.3) is 0 Å². The van der Waals surface area contributed by atoms with Crippen LogP contribution in [0.5, 0.6) is 0 Å². The molecule has 4 heteroatoms. The molecule has 0 aromatic carbocycles. The van der Waals surface area contributed by atoms with Crippen molar-refractivity contribution in [2.24, 2.45) is 15.9 Å². The van der Waals surface area contributed by atoms with Crippen LogP contribution in [0.2, 0.25) is 0 Å². The topological polar surface area (TPSA) is 52.5 Å². The summed E-state index contributed by atoms with van der Waals surface area (Å²) in [6.45, 7) is 2.87. The molecule has 1 aromatic rings. The molecule has 0 saturated heterocycles. The Morgan fingerprint density at radius 3 is 3.24 bits per heavy atom. The van der Waals surface area contributed by atoms with E-state index in [0.29, 0.717) is 12.6 Å². The Labute approximate surface area is 102 Å². The molecule has 1 atom stereocenters. The van der Waals surface area contributed by atoms with E-state index in [1.54, 1.807) is 0 Å². The Morgan fingerprint density at radius 1 is 1.59 bits per heavy atom. The largest absolute Gasteiger partial charge is 0.352 e. The van der Waals surface area contributed by atoms with Gasteiger partial charge < -0.3 is 15.3 Å². The molecule has 0 spiro atoms. The predicted molar refractivity (Wildman–Crippen MR) is 73.3 cm³/mol. The molecule has 0 aliphatic carbocycles. The molecule has 1 aromatic heterocycles. The second-order valence-electron chi connectivity index (χ2n) is 4.30. The highest BCUT2D eigenvalue weighted by Crippen LogP contribution is 2.23. The van der Waals surface area contributed by atoms with Gasteiger partial charge in [0.2, 0.25) is 0 Å². The molecule has 2 N–H and O–H groups in total. The summed E-state index contributed by atoms with van der Waals surface area (Å²) in [7, 11) is 1.83. The van der Waals surface area contributed by atoms with Crippen molar-refractivity contribution in [3.05, 3.63) is 17.8 Å². The van der Waals surface area contributed by atoms with Crippen LogP contribution < -0.4 is 5.32 Å². The molecule has 92 valence electrons. The number of aliphatic imine (C=N–C) groups is 2. The van der Waals surface area contributed by atoms with E-state index in [0.717, 1.165) is 12.2 Å². The van der Waals surface area contributed by atoms with E-state index in [2.05, 4.69) is 33.3 Å². The molecule has 0 bridgehead atoms. The van der Waals surface area contributed by atoms with E-state index in [1.807, 2.05) is 19.5 Å². The van der Waals surface area contributed by atoms with Gasteiger partial charge in [0.05, 0.1) is 5.71 Å². The zero-order valence-electron chi connectivity index (χ0n) is 10.5. The Balaban J connectivity index is 2.21. The number of rotatable bonds is 5. The molecule has 1 aliphatic rings. The lowest BCUT2D eigenvalue weighted by molar-refractivity contribution is 0.689. The van der Waals surface area contributed by atoms with Crippen molar-refractivity contribution < 1.29 is 0 Å². The van der Waals surface area contributed by atoms with Gasteiger partial charge >= 0.3 is 0 Å². The third kappa shape index (κ3) is 2.57. The van der Waals surface area contributed by atoms with E-state index < -0.39 is 0 Å². The highest BCUT2D eigenvalue weighted by molar-refractivity contribution is 6.13. The number of nitrogens with zero attached hydrogens (tertiary/aromatic N) is 2. The smallest absolute Gasteiger partial charge is 0.113 e. The first-order valence-corrected chi connectivity index (χ1v) is 6.25. The van der Waals surface area contributed by atoms with E-state index in [9.17, 15) is 0 Å². The fraction of sp³-hybridized carbons (Fsp3) is 0.538. The van der Waals surface area contributed by atoms with Crippen molar-refractivity contribution in [3.63, 3.8) is 0 Å². The Kier molecular flexibility index (Phi) is 3.96. The Hall–Kier alpha value is -1.58. The summed E-state index contributed by atoms with van der Waals surface area (Å²) in [4.78, 5) is 12.0. The molecule has 0 radical (unpaired) electrons. The first-order valence-electron chi connectivity index (χ1n) is 6.25. The highest BCUT2D eigenvalue weighted by atomic mass is 15.1. The second-order valence-corrected chi connectivity index (χ2v) is 4.30. The number of hydrogen-bond donors (Lipinski definition) is 2. The summed E-state index contributed by atoms with van der Waals surface area (Å²) < 4.78 is 0. The van der Waals surface area contributed by atoms with Gasteiger partial charge in [-0.15, -0.1) is 0 Å². The molecule has 0 saturated carbocycles. The van der Waals surface area contributed by atoms with Crippen LogP contribution in [0.4, 0.5) is 5.82 Å². The van der Waals surface area contributed by atoms with Crippen molar-refractivity contribution >= 4 is 17.7 Å². The Morgan fingerprint density at radius 2 is 2.47 bits per heavy atom. The lowest BCUT2D eigenvalue weighted by Crippen LogP contribution is -2.23. The highest BCUT2D eigenvalue weighted by Gasteiger charge is 2.21. The molecule has 4 nitrogen and oxygen atoms in total. The van der Waals surface area contributed by atoms with Crippen molar-refractivity contribution in [1.82, 2.24) is 4.98 Å². The summed E-state index contributed by atoms with van der Waals surface area (Å²) in [5.74, 6) is 1.43. The maximum Gasteiger partial charge on any atom is 0.113 e. The van der Waals surface area contributed by atoms with Gasteiger partial charge in [0, 0.05) is 30.9 Å². The predicted octanol–water partition coefficient (Wildman–Crippen LogP) is 2.69. The molecule has 0 fully saturated rings. The third-order valence-electron chi connectivity index (χ3n) is 3.08. The molecule has 17 heavy (non-hydrogen) atoms. The first kappa shape index (κ1) is 11.9. The van der Waals surface area contributed by atoms with E-state index in [-0.39, 0.29) is 0 Å². The number of nitrogens with one attached hydrogen (secondary N) is 2. The number of aromatic nitrogens is 1. The summed E-state index contributed by atoms with van der Waals surface area (Å²) in [6.07, 6.45) is 7.52. The summed E-state index contributed by atoms with van der Waals surface area (Å²) in [5, 5.41) is 3.24. The van der Waals surface area contributed by atoms with Crippen molar-refractivity contribution in [3.8, 4) is 0 Å². The zero-order valence-corrected chi connectivity index (χ0v) is 10.5. The molecule has 1 aliphatic heterocycles. The minimum absolute atomic E-state index is 0.344. The van der Waals surface area contributed by atoms with Gasteiger partial charge in [-0.25, -0.2) is 0 Å². The number of aromatic amines is 1. The zero-order chi connectivity index (χ0) is 12.1. The van der Waals surface area contributed by atoms with Gasteiger partial charge in [-0.3, -0.25) is 4.99 Å². The number of fused-ring (bicyclic) bond motifs is 1. The van der Waals surface area contributed by atoms with E-state index in [1.165, 1.54) is 24.1 Å². The molecule has 0 amide bonds. The average molecular weight is 232 g/mol. The third-order valence-corrected chi connectivity index (χ3v) is 3.08. The van der Waals surface area contributed by atoms with Crippen molar-refractivity contribution in [2.45, 2.75) is 26.2 Å². The number of anilines is 1. The molecule has 1 unspecified atom stereocenters. The molecule has 2 heterocycles.